The molecule has 0 unspecified atom stereocenters. The molecule has 0 spiro atoms. The molecule has 0 radical (unpaired) electrons. The highest BCUT2D eigenvalue weighted by molar-refractivity contribution is 7.89. The van der Waals surface area contributed by atoms with Crippen molar-refractivity contribution in [2.24, 2.45) is 0 Å². The number of sulfonamides is 1. The summed E-state index contributed by atoms with van der Waals surface area (Å²) >= 11 is 0.839. The zero-order valence-electron chi connectivity index (χ0n) is 8.69. The van der Waals surface area contributed by atoms with E-state index >= 15 is 0 Å². The average Bonchev–Trinajstić information content (AvgIpc) is 2.98. The van der Waals surface area contributed by atoms with Gasteiger partial charge in [-0.2, -0.15) is 5.21 Å². The Balaban J connectivity index is 2.20. The quantitative estimate of drug-likeness (QED) is 0.670. The van der Waals surface area contributed by atoms with Crippen LogP contribution in [0.1, 0.15) is 15.5 Å². The highest BCUT2D eigenvalue weighted by Gasteiger charge is 2.23. The van der Waals surface area contributed by atoms with Crippen LogP contribution in [0.5, 0.6) is 0 Å². The van der Waals surface area contributed by atoms with Crippen LogP contribution in [0.3, 0.4) is 0 Å². The van der Waals surface area contributed by atoms with E-state index in [4.69, 9.17) is 5.11 Å². The number of aromatic nitrogens is 4. The zero-order chi connectivity index (χ0) is 13.2. The molecule has 0 aromatic carbocycles. The molecule has 9 nitrogen and oxygen atoms in total. The summed E-state index contributed by atoms with van der Waals surface area (Å²) in [6.07, 6.45) is 0. The molecular weight excluding hydrogens is 282 g/mol. The van der Waals surface area contributed by atoms with Gasteiger partial charge in [0.25, 0.3) is 0 Å². The first-order valence-corrected chi connectivity index (χ1v) is 6.90. The molecule has 0 bridgehead atoms. The van der Waals surface area contributed by atoms with Crippen LogP contribution in [-0.2, 0) is 16.6 Å². The Hall–Kier alpha value is -1.85. The van der Waals surface area contributed by atoms with Crippen molar-refractivity contribution in [2.45, 2.75) is 11.4 Å². The van der Waals surface area contributed by atoms with Crippen LogP contribution in [0.25, 0.3) is 0 Å². The lowest BCUT2D eigenvalue weighted by Gasteiger charge is -2.03. The number of H-pyrrole nitrogens is 1. The Morgan fingerprint density at radius 3 is 2.94 bits per heavy atom. The van der Waals surface area contributed by atoms with Crippen LogP contribution in [0.2, 0.25) is 0 Å². The SMILES string of the molecule is O=C(O)c1sccc1S(=O)(=O)NCc1nn[nH]n1. The first-order chi connectivity index (χ1) is 8.50. The molecule has 0 aliphatic heterocycles. The maximum Gasteiger partial charge on any atom is 0.347 e. The molecule has 11 heteroatoms. The highest BCUT2D eigenvalue weighted by atomic mass is 32.2. The Labute approximate surface area is 105 Å². The minimum atomic E-state index is -3.91. The van der Waals surface area contributed by atoms with Gasteiger partial charge >= 0.3 is 5.97 Å². The molecule has 2 heterocycles. The lowest BCUT2D eigenvalue weighted by Crippen LogP contribution is -2.24. The third kappa shape index (κ3) is 2.52. The fraction of sp³-hybridized carbons (Fsp3) is 0.143. The largest absolute Gasteiger partial charge is 0.477 e. The Morgan fingerprint density at radius 2 is 2.33 bits per heavy atom. The number of carboxylic acid groups (broad SMARTS) is 1. The van der Waals surface area contributed by atoms with Gasteiger partial charge in [-0.05, 0) is 11.4 Å². The van der Waals surface area contributed by atoms with Crippen LogP contribution in [0.4, 0.5) is 0 Å². The molecule has 0 aliphatic carbocycles. The van der Waals surface area contributed by atoms with E-state index in [1.54, 1.807) is 0 Å². The standard InChI is InChI=1S/C7H7N5O4S2/c13-7(14)6-4(1-2-17-6)18(15,16)8-3-5-9-11-12-10-5/h1-2,8H,3H2,(H,13,14)(H,9,10,11,12). The van der Waals surface area contributed by atoms with Crippen molar-refractivity contribution < 1.29 is 18.3 Å². The summed E-state index contributed by atoms with van der Waals surface area (Å²) in [5, 5.41) is 22.8. The maximum atomic E-state index is 11.9. The lowest BCUT2D eigenvalue weighted by atomic mass is 10.5. The highest BCUT2D eigenvalue weighted by Crippen LogP contribution is 2.21. The fourth-order valence-corrected chi connectivity index (χ4v) is 3.40. The van der Waals surface area contributed by atoms with Crippen molar-refractivity contribution in [2.75, 3.05) is 0 Å². The van der Waals surface area contributed by atoms with Crippen molar-refractivity contribution in [3.8, 4) is 0 Å². The van der Waals surface area contributed by atoms with Crippen molar-refractivity contribution in [1.29, 1.82) is 0 Å². The summed E-state index contributed by atoms with van der Waals surface area (Å²) in [5.74, 6) is -1.13. The van der Waals surface area contributed by atoms with Gasteiger partial charge in [-0.1, -0.05) is 5.21 Å². The van der Waals surface area contributed by atoms with E-state index < -0.39 is 16.0 Å². The van der Waals surface area contributed by atoms with E-state index in [1.807, 2.05) is 0 Å². The lowest BCUT2D eigenvalue weighted by molar-refractivity contribution is 0.0698. The van der Waals surface area contributed by atoms with Crippen molar-refractivity contribution in [3.63, 3.8) is 0 Å². The van der Waals surface area contributed by atoms with Gasteiger partial charge in [0.15, 0.2) is 5.82 Å². The Kier molecular flexibility index (Phi) is 3.36. The van der Waals surface area contributed by atoms with E-state index in [0.717, 1.165) is 11.3 Å². The number of carbonyl (C=O) groups is 1. The topological polar surface area (TPSA) is 138 Å². The van der Waals surface area contributed by atoms with Crippen LogP contribution in [0.15, 0.2) is 16.3 Å². The van der Waals surface area contributed by atoms with E-state index in [-0.39, 0.29) is 22.1 Å². The number of hydrogen-bond acceptors (Lipinski definition) is 7. The van der Waals surface area contributed by atoms with Crippen LogP contribution < -0.4 is 4.72 Å². The van der Waals surface area contributed by atoms with E-state index in [2.05, 4.69) is 25.3 Å². The monoisotopic (exact) mass is 289 g/mol. The number of aromatic amines is 1. The van der Waals surface area contributed by atoms with Gasteiger partial charge in [0.2, 0.25) is 10.0 Å². The summed E-state index contributed by atoms with van der Waals surface area (Å²) in [7, 11) is -3.91. The molecule has 0 saturated carbocycles. The second-order valence-electron chi connectivity index (χ2n) is 3.07. The van der Waals surface area contributed by atoms with Crippen molar-refractivity contribution in [3.05, 3.63) is 22.1 Å². The van der Waals surface area contributed by atoms with Crippen molar-refractivity contribution in [1.82, 2.24) is 25.3 Å². The molecule has 0 fully saturated rings. The minimum absolute atomic E-state index is 0.158. The smallest absolute Gasteiger partial charge is 0.347 e. The minimum Gasteiger partial charge on any atom is -0.477 e. The second kappa shape index (κ2) is 4.80. The molecule has 2 rings (SSSR count). The third-order valence-corrected chi connectivity index (χ3v) is 4.40. The summed E-state index contributed by atoms with van der Waals surface area (Å²) < 4.78 is 25.9. The number of thiophene rings is 1. The number of nitrogens with one attached hydrogen (secondary N) is 2. The molecule has 3 N–H and O–H groups in total. The molecule has 0 aliphatic rings. The van der Waals surface area contributed by atoms with Crippen LogP contribution >= 0.6 is 11.3 Å². The third-order valence-electron chi connectivity index (χ3n) is 1.92. The predicted molar refractivity (Wildman–Crippen MR) is 59.5 cm³/mol. The van der Waals surface area contributed by atoms with Gasteiger partial charge in [0.1, 0.15) is 9.77 Å². The average molecular weight is 289 g/mol. The first kappa shape index (κ1) is 12.6. The number of aromatic carboxylic acids is 1. The number of tetrazole rings is 1. The maximum absolute atomic E-state index is 11.9. The number of carboxylic acids is 1. The fourth-order valence-electron chi connectivity index (χ4n) is 1.16. The van der Waals surface area contributed by atoms with Gasteiger partial charge in [0, 0.05) is 0 Å². The molecule has 18 heavy (non-hydrogen) atoms. The molecule has 96 valence electrons. The van der Waals surface area contributed by atoms with Gasteiger partial charge in [-0.15, -0.1) is 21.5 Å². The summed E-state index contributed by atoms with van der Waals surface area (Å²) in [5.41, 5.74) is 0. The van der Waals surface area contributed by atoms with Crippen molar-refractivity contribution >= 4 is 27.3 Å². The van der Waals surface area contributed by atoms with E-state index in [9.17, 15) is 13.2 Å². The van der Waals surface area contributed by atoms with E-state index in [0.29, 0.717) is 0 Å². The molecular formula is C7H7N5O4S2. The van der Waals surface area contributed by atoms with E-state index in [1.165, 1.54) is 11.4 Å². The number of nitrogens with zero attached hydrogens (tertiary/aromatic N) is 3. The number of rotatable bonds is 5. The second-order valence-corrected chi connectivity index (χ2v) is 5.72. The van der Waals surface area contributed by atoms with Gasteiger partial charge in [-0.25, -0.2) is 17.9 Å². The van der Waals surface area contributed by atoms with Gasteiger partial charge in [-0.3, -0.25) is 0 Å². The number of hydrogen-bond donors (Lipinski definition) is 3. The molecule has 2 aromatic heterocycles. The summed E-state index contributed by atoms with van der Waals surface area (Å²) in [6, 6.07) is 1.23. The van der Waals surface area contributed by atoms with Gasteiger partial charge < -0.3 is 5.11 Å². The molecule has 0 atom stereocenters. The first-order valence-electron chi connectivity index (χ1n) is 4.53. The Morgan fingerprint density at radius 1 is 1.56 bits per heavy atom. The Bertz CT molecular complexity index is 647. The summed E-state index contributed by atoms with van der Waals surface area (Å²) in [4.78, 5) is 10.3. The van der Waals surface area contributed by atoms with Crippen LogP contribution in [0, 0.1) is 0 Å². The predicted octanol–water partition coefficient (Wildman–Crippen LogP) is -0.562. The molecule has 2 aromatic rings. The van der Waals surface area contributed by atoms with Gasteiger partial charge in [0.05, 0.1) is 6.54 Å². The normalized spacial score (nSPS) is 11.6. The molecule has 0 saturated heterocycles. The molecule has 0 amide bonds. The zero-order valence-corrected chi connectivity index (χ0v) is 10.3. The summed E-state index contributed by atoms with van der Waals surface area (Å²) in [6.45, 7) is -0.173. The van der Waals surface area contributed by atoms with Crippen LogP contribution in [-0.4, -0.2) is 40.1 Å².